The van der Waals surface area contributed by atoms with Crippen LogP contribution in [0.4, 0.5) is 0 Å². The molecule has 0 unspecified atom stereocenters. The minimum Gasteiger partial charge on any atom is -0.497 e. The lowest BCUT2D eigenvalue weighted by atomic mass is 10.2. The third kappa shape index (κ3) is 3.18. The fourth-order valence-corrected chi connectivity index (χ4v) is 2.98. The Morgan fingerprint density at radius 1 is 1.25 bits per heavy atom. The lowest BCUT2D eigenvalue weighted by Gasteiger charge is -2.10. The molecule has 0 amide bonds. The zero-order chi connectivity index (χ0) is 14.5. The van der Waals surface area contributed by atoms with Crippen LogP contribution in [0.5, 0.6) is 5.75 Å². The maximum Gasteiger partial charge on any atom is 0.172 e. The Kier molecular flexibility index (Phi) is 4.76. The van der Waals surface area contributed by atoms with Crippen molar-refractivity contribution in [3.8, 4) is 5.75 Å². The highest BCUT2D eigenvalue weighted by molar-refractivity contribution is 7.99. The van der Waals surface area contributed by atoms with Crippen LogP contribution in [0.15, 0.2) is 57.4 Å². The van der Waals surface area contributed by atoms with Crippen molar-refractivity contribution in [1.82, 2.24) is 0 Å². The molecular formula is C14H13ClN2O2S. The van der Waals surface area contributed by atoms with Crippen molar-refractivity contribution in [2.24, 2.45) is 10.9 Å². The normalized spacial score (nSPS) is 11.4. The lowest BCUT2D eigenvalue weighted by Crippen LogP contribution is -2.14. The second kappa shape index (κ2) is 6.54. The molecule has 2 rings (SSSR count). The van der Waals surface area contributed by atoms with Crippen LogP contribution in [0, 0.1) is 0 Å². The predicted molar refractivity (Wildman–Crippen MR) is 81.1 cm³/mol. The summed E-state index contributed by atoms with van der Waals surface area (Å²) in [5, 5.41) is 12.3. The average molecular weight is 309 g/mol. The van der Waals surface area contributed by atoms with Crippen molar-refractivity contribution >= 4 is 29.2 Å². The van der Waals surface area contributed by atoms with Gasteiger partial charge in [0, 0.05) is 9.79 Å². The van der Waals surface area contributed by atoms with Gasteiger partial charge in [-0.2, -0.15) is 0 Å². The number of rotatable bonds is 4. The van der Waals surface area contributed by atoms with Crippen LogP contribution in [0.3, 0.4) is 0 Å². The Hall–Kier alpha value is -1.85. The van der Waals surface area contributed by atoms with E-state index in [4.69, 9.17) is 27.3 Å². The molecule has 0 aromatic heterocycles. The third-order valence-electron chi connectivity index (χ3n) is 2.63. The van der Waals surface area contributed by atoms with Crippen LogP contribution in [0.25, 0.3) is 0 Å². The number of hydrogen-bond donors (Lipinski definition) is 2. The van der Waals surface area contributed by atoms with Gasteiger partial charge < -0.3 is 15.7 Å². The molecule has 0 atom stereocenters. The van der Waals surface area contributed by atoms with Gasteiger partial charge in [-0.05, 0) is 36.4 Å². The van der Waals surface area contributed by atoms with Crippen LogP contribution in [-0.4, -0.2) is 18.2 Å². The molecule has 2 aromatic rings. The zero-order valence-electron chi connectivity index (χ0n) is 10.7. The molecule has 2 aromatic carbocycles. The molecule has 0 saturated carbocycles. The fourth-order valence-electron chi connectivity index (χ4n) is 1.66. The quantitative estimate of drug-likeness (QED) is 0.392. The number of benzene rings is 2. The Balaban J connectivity index is 2.35. The summed E-state index contributed by atoms with van der Waals surface area (Å²) in [5.41, 5.74) is 6.20. The van der Waals surface area contributed by atoms with Crippen molar-refractivity contribution < 1.29 is 9.94 Å². The highest BCUT2D eigenvalue weighted by Gasteiger charge is 2.12. The standard InChI is InChI=1S/C14H13ClN2O2S/c1-19-9-5-7-10(8-6-9)20-12-4-2-3-11(15)13(12)14(16)17-18/h2-8,18H,1H3,(H2,16,17). The van der Waals surface area contributed by atoms with E-state index in [0.717, 1.165) is 15.5 Å². The van der Waals surface area contributed by atoms with E-state index in [1.807, 2.05) is 36.4 Å². The summed E-state index contributed by atoms with van der Waals surface area (Å²) in [6, 6.07) is 13.0. The van der Waals surface area contributed by atoms with Crippen molar-refractivity contribution in [1.29, 1.82) is 0 Å². The van der Waals surface area contributed by atoms with Gasteiger partial charge in [-0.1, -0.05) is 34.6 Å². The summed E-state index contributed by atoms with van der Waals surface area (Å²) < 4.78 is 5.12. The van der Waals surface area contributed by atoms with Gasteiger partial charge in [0.25, 0.3) is 0 Å². The van der Waals surface area contributed by atoms with E-state index in [-0.39, 0.29) is 5.84 Å². The number of ether oxygens (including phenoxy) is 1. The van der Waals surface area contributed by atoms with Gasteiger partial charge in [-0.3, -0.25) is 0 Å². The van der Waals surface area contributed by atoms with E-state index >= 15 is 0 Å². The fraction of sp³-hybridized carbons (Fsp3) is 0.0714. The molecule has 0 radical (unpaired) electrons. The SMILES string of the molecule is COc1ccc(Sc2cccc(Cl)c2C(N)=NO)cc1. The molecule has 0 aliphatic rings. The molecule has 0 bridgehead atoms. The van der Waals surface area contributed by atoms with Gasteiger partial charge in [-0.15, -0.1) is 0 Å². The summed E-state index contributed by atoms with van der Waals surface area (Å²) in [6.07, 6.45) is 0. The van der Waals surface area contributed by atoms with E-state index in [1.54, 1.807) is 13.2 Å². The van der Waals surface area contributed by atoms with Gasteiger partial charge in [0.1, 0.15) is 5.75 Å². The Bertz CT molecular complexity index is 630. The monoisotopic (exact) mass is 308 g/mol. The number of hydrogen-bond acceptors (Lipinski definition) is 4. The molecule has 0 aliphatic heterocycles. The summed E-state index contributed by atoms with van der Waals surface area (Å²) in [6.45, 7) is 0. The smallest absolute Gasteiger partial charge is 0.172 e. The first-order valence-corrected chi connectivity index (χ1v) is 6.93. The number of nitrogens with two attached hydrogens (primary N) is 1. The first-order chi connectivity index (χ1) is 9.65. The van der Waals surface area contributed by atoms with Crippen LogP contribution in [0.1, 0.15) is 5.56 Å². The summed E-state index contributed by atoms with van der Waals surface area (Å²) in [7, 11) is 1.62. The van der Waals surface area contributed by atoms with Crippen molar-refractivity contribution in [3.63, 3.8) is 0 Å². The Morgan fingerprint density at radius 3 is 2.55 bits per heavy atom. The van der Waals surface area contributed by atoms with Gasteiger partial charge >= 0.3 is 0 Å². The largest absolute Gasteiger partial charge is 0.497 e. The third-order valence-corrected chi connectivity index (χ3v) is 4.01. The molecule has 6 heteroatoms. The molecule has 4 nitrogen and oxygen atoms in total. The number of nitrogens with zero attached hydrogens (tertiary/aromatic N) is 1. The molecule has 3 N–H and O–H groups in total. The molecular weight excluding hydrogens is 296 g/mol. The number of halogens is 1. The van der Waals surface area contributed by atoms with E-state index < -0.39 is 0 Å². The van der Waals surface area contributed by atoms with Crippen LogP contribution in [0.2, 0.25) is 5.02 Å². The minimum absolute atomic E-state index is 0.00777. The molecule has 0 aliphatic carbocycles. The summed E-state index contributed by atoms with van der Waals surface area (Å²) in [5.74, 6) is 0.781. The summed E-state index contributed by atoms with van der Waals surface area (Å²) in [4.78, 5) is 1.82. The molecule has 0 saturated heterocycles. The molecule has 0 heterocycles. The number of amidine groups is 1. The van der Waals surface area contributed by atoms with Crippen LogP contribution in [-0.2, 0) is 0 Å². The van der Waals surface area contributed by atoms with Crippen molar-refractivity contribution in [3.05, 3.63) is 53.1 Å². The van der Waals surface area contributed by atoms with E-state index in [2.05, 4.69) is 5.16 Å². The van der Waals surface area contributed by atoms with E-state index in [0.29, 0.717) is 10.6 Å². The van der Waals surface area contributed by atoms with Crippen molar-refractivity contribution in [2.45, 2.75) is 9.79 Å². The molecule has 104 valence electrons. The van der Waals surface area contributed by atoms with Crippen molar-refractivity contribution in [2.75, 3.05) is 7.11 Å². The van der Waals surface area contributed by atoms with E-state index in [1.165, 1.54) is 11.8 Å². The lowest BCUT2D eigenvalue weighted by molar-refractivity contribution is 0.318. The van der Waals surface area contributed by atoms with Gasteiger partial charge in [0.2, 0.25) is 0 Å². The highest BCUT2D eigenvalue weighted by Crippen LogP contribution is 2.34. The second-order valence-corrected chi connectivity index (χ2v) is 5.40. The maximum atomic E-state index is 8.85. The van der Waals surface area contributed by atoms with Crippen LogP contribution < -0.4 is 10.5 Å². The van der Waals surface area contributed by atoms with Gasteiger partial charge in [0.05, 0.1) is 17.7 Å². The highest BCUT2D eigenvalue weighted by atomic mass is 35.5. The topological polar surface area (TPSA) is 67.8 Å². The molecule has 20 heavy (non-hydrogen) atoms. The van der Waals surface area contributed by atoms with Crippen LogP contribution >= 0.6 is 23.4 Å². The Morgan fingerprint density at radius 2 is 1.95 bits per heavy atom. The first-order valence-electron chi connectivity index (χ1n) is 5.74. The molecule has 0 fully saturated rings. The predicted octanol–water partition coefficient (Wildman–Crippen LogP) is 3.59. The first kappa shape index (κ1) is 14.6. The second-order valence-electron chi connectivity index (χ2n) is 3.88. The minimum atomic E-state index is -0.00777. The van der Waals surface area contributed by atoms with E-state index in [9.17, 15) is 0 Å². The van der Waals surface area contributed by atoms with Gasteiger partial charge in [0.15, 0.2) is 5.84 Å². The number of oxime groups is 1. The summed E-state index contributed by atoms with van der Waals surface area (Å²) >= 11 is 7.59. The molecule has 0 spiro atoms. The van der Waals surface area contributed by atoms with Gasteiger partial charge in [-0.25, -0.2) is 0 Å². The Labute approximate surface area is 126 Å². The maximum absolute atomic E-state index is 8.85. The zero-order valence-corrected chi connectivity index (χ0v) is 12.3. The number of methoxy groups -OCH3 is 1. The average Bonchev–Trinajstić information content (AvgIpc) is 2.47.